The Bertz CT molecular complexity index is 2410. The topological polar surface area (TPSA) is 241 Å². The van der Waals surface area contributed by atoms with Crippen LogP contribution in [0.15, 0.2) is 36.4 Å². The van der Waals surface area contributed by atoms with Gasteiger partial charge in [-0.15, -0.1) is 0 Å². The Balaban J connectivity index is 0.888. The van der Waals surface area contributed by atoms with Gasteiger partial charge in [0.25, 0.3) is 17.7 Å². The van der Waals surface area contributed by atoms with Crippen LogP contribution in [0.1, 0.15) is 125 Å². The first-order valence-electron chi connectivity index (χ1n) is 20.8. The number of imide groups is 2. The Kier molecular flexibility index (Phi) is 12.4. The number of nitrogens with two attached hydrogens (primary N) is 1. The molecule has 3 heterocycles. The van der Waals surface area contributed by atoms with Crippen molar-refractivity contribution in [3.05, 3.63) is 70.0 Å². The SMILES string of the molecule is CC(=O)c1c(C(F)(F)F)nn(-c2ccc(C(N)=O)c(NC3CCC(OC(=O)NCCC4CC4C(=O)Nc4cccc5c4C(=O)N(C4CCC(=O)NC4=O)C5=O)CC3)c2)c1CC(C)C. The second-order valence-electron chi connectivity index (χ2n) is 16.8. The van der Waals surface area contributed by atoms with Gasteiger partial charge in [-0.2, -0.15) is 18.3 Å². The van der Waals surface area contributed by atoms with Gasteiger partial charge in [-0.3, -0.25) is 43.8 Å². The number of fused-ring (bicyclic) bond motifs is 1. The van der Waals surface area contributed by atoms with Gasteiger partial charge in [-0.05, 0) is 100 Å². The fourth-order valence-corrected chi connectivity index (χ4v) is 8.64. The summed E-state index contributed by atoms with van der Waals surface area (Å²) in [6.45, 7) is 4.93. The average Bonchev–Trinajstić information content (AvgIpc) is 3.81. The van der Waals surface area contributed by atoms with Gasteiger partial charge in [0.1, 0.15) is 12.1 Å². The first kappa shape index (κ1) is 44.5. The number of nitrogens with one attached hydrogen (secondary N) is 4. The number of alkyl carbamates (subject to hydrolysis) is 1. The summed E-state index contributed by atoms with van der Waals surface area (Å²) in [4.78, 5) is 102. The molecule has 3 aromatic rings. The summed E-state index contributed by atoms with van der Waals surface area (Å²) in [6, 6.07) is 7.43. The molecular formula is C43H47F3N8O9. The smallest absolute Gasteiger partial charge is 0.435 e. The van der Waals surface area contributed by atoms with Crippen molar-refractivity contribution in [2.45, 2.75) is 103 Å². The number of aromatic nitrogens is 2. The number of primary amides is 1. The Morgan fingerprint density at radius 3 is 2.37 bits per heavy atom. The molecule has 17 nitrogen and oxygen atoms in total. The molecular weight excluding hydrogens is 830 g/mol. The van der Waals surface area contributed by atoms with E-state index < -0.39 is 76.9 Å². The number of hydrogen-bond acceptors (Lipinski definition) is 11. The molecule has 4 aliphatic rings. The molecule has 2 aliphatic carbocycles. The van der Waals surface area contributed by atoms with Crippen molar-refractivity contribution in [2.24, 2.45) is 23.5 Å². The van der Waals surface area contributed by atoms with Crippen LogP contribution in [-0.4, -0.2) is 86.7 Å². The third kappa shape index (κ3) is 9.43. The van der Waals surface area contributed by atoms with Crippen molar-refractivity contribution in [1.29, 1.82) is 0 Å². The van der Waals surface area contributed by atoms with Gasteiger partial charge in [0.05, 0.1) is 39.3 Å². The number of anilines is 2. The van der Waals surface area contributed by atoms with Gasteiger partial charge in [0.2, 0.25) is 17.7 Å². The van der Waals surface area contributed by atoms with Crippen molar-refractivity contribution in [3.63, 3.8) is 0 Å². The minimum Gasteiger partial charge on any atom is -0.446 e. The van der Waals surface area contributed by atoms with Crippen LogP contribution in [0.4, 0.5) is 29.3 Å². The van der Waals surface area contributed by atoms with Crippen LogP contribution in [0.2, 0.25) is 0 Å². The van der Waals surface area contributed by atoms with Gasteiger partial charge in [0, 0.05) is 30.6 Å². The summed E-state index contributed by atoms with van der Waals surface area (Å²) >= 11 is 0. The number of amides is 7. The third-order valence-corrected chi connectivity index (χ3v) is 11.8. The molecule has 63 heavy (non-hydrogen) atoms. The molecule has 2 saturated carbocycles. The van der Waals surface area contributed by atoms with E-state index in [0.717, 1.165) is 16.5 Å². The van der Waals surface area contributed by atoms with Crippen LogP contribution >= 0.6 is 0 Å². The Morgan fingerprint density at radius 2 is 1.71 bits per heavy atom. The number of rotatable bonds is 14. The van der Waals surface area contributed by atoms with Crippen LogP contribution < -0.4 is 27.0 Å². The maximum atomic E-state index is 14.1. The van der Waals surface area contributed by atoms with Crippen LogP contribution in [0.5, 0.6) is 0 Å². The zero-order valence-corrected chi connectivity index (χ0v) is 34.7. The largest absolute Gasteiger partial charge is 0.446 e. The number of benzene rings is 2. The average molecular weight is 877 g/mol. The lowest BCUT2D eigenvalue weighted by Crippen LogP contribution is -2.54. The Labute approximate surface area is 359 Å². The quantitative estimate of drug-likeness (QED) is 0.108. The van der Waals surface area contributed by atoms with Crippen LogP contribution in [0.25, 0.3) is 5.69 Å². The summed E-state index contributed by atoms with van der Waals surface area (Å²) in [5.41, 5.74) is 4.75. The number of alkyl halides is 3. The third-order valence-electron chi connectivity index (χ3n) is 11.8. The summed E-state index contributed by atoms with van der Waals surface area (Å²) in [5.74, 6) is -5.08. The van der Waals surface area contributed by atoms with Crippen molar-refractivity contribution in [3.8, 4) is 5.69 Å². The molecule has 3 unspecified atom stereocenters. The number of nitrogens with zero attached hydrogens (tertiary/aromatic N) is 3. The van der Waals surface area contributed by atoms with Crippen molar-refractivity contribution < 1.29 is 56.3 Å². The number of piperidine rings is 1. The lowest BCUT2D eigenvalue weighted by molar-refractivity contribution is -0.141. The van der Waals surface area contributed by atoms with E-state index in [-0.39, 0.29) is 89.0 Å². The highest BCUT2D eigenvalue weighted by molar-refractivity contribution is 6.26. The first-order valence-corrected chi connectivity index (χ1v) is 20.8. The molecule has 7 amide bonds. The summed E-state index contributed by atoms with van der Waals surface area (Å²) in [7, 11) is 0. The van der Waals surface area contributed by atoms with E-state index in [2.05, 4.69) is 26.4 Å². The molecule has 0 spiro atoms. The molecule has 0 bridgehead atoms. The molecule has 2 aliphatic heterocycles. The molecule has 6 N–H and O–H groups in total. The molecule has 334 valence electrons. The number of Topliss-reactive ketones (excluding diaryl/α,β-unsaturated/α-hetero) is 1. The molecule has 1 saturated heterocycles. The number of halogens is 3. The second kappa shape index (κ2) is 17.6. The fourth-order valence-electron chi connectivity index (χ4n) is 8.64. The number of carbonyl (C=O) groups excluding carboxylic acids is 8. The molecule has 2 aromatic carbocycles. The predicted molar refractivity (Wildman–Crippen MR) is 218 cm³/mol. The van der Waals surface area contributed by atoms with E-state index in [1.807, 2.05) is 13.8 Å². The molecule has 7 rings (SSSR count). The predicted octanol–water partition coefficient (Wildman–Crippen LogP) is 4.91. The number of hydrogen-bond donors (Lipinski definition) is 5. The second-order valence-corrected chi connectivity index (χ2v) is 16.8. The molecule has 20 heteroatoms. The van der Waals surface area contributed by atoms with Crippen molar-refractivity contribution in [2.75, 3.05) is 17.2 Å². The van der Waals surface area contributed by atoms with Crippen LogP contribution in [0, 0.1) is 17.8 Å². The van der Waals surface area contributed by atoms with Gasteiger partial charge in [-0.1, -0.05) is 19.9 Å². The van der Waals surface area contributed by atoms with Gasteiger partial charge >= 0.3 is 12.3 Å². The highest BCUT2D eigenvalue weighted by Crippen LogP contribution is 2.43. The van der Waals surface area contributed by atoms with Gasteiger partial charge in [-0.25, -0.2) is 9.48 Å². The highest BCUT2D eigenvalue weighted by atomic mass is 19.4. The standard InChI is InChI=1S/C43H47F3N8O9/c1-20(2)17-32-34(21(3)55)36(43(44,45)46)52-54(32)24-9-12-26(37(47)57)30(19-24)49-23-7-10-25(11-8-23)63-42(62)48-16-15-22-18-28(22)38(58)50-29-6-4-5-27-35(29)41(61)53(40(27)60)31-13-14-33(56)51-39(31)59/h4-6,9,12,19-20,22-23,25,28,31,49H,7-8,10-11,13-18H2,1-3H3,(H2,47,57)(H,48,62)(H,50,58)(H,51,56,59). The Morgan fingerprint density at radius 1 is 0.984 bits per heavy atom. The fraction of sp³-hybridized carbons (Fsp3) is 0.465. The summed E-state index contributed by atoms with van der Waals surface area (Å²) < 4.78 is 48.9. The van der Waals surface area contributed by atoms with Crippen molar-refractivity contribution >= 4 is 58.7 Å². The molecule has 3 fully saturated rings. The lowest BCUT2D eigenvalue weighted by Gasteiger charge is -2.30. The molecule has 3 atom stereocenters. The molecule has 1 aromatic heterocycles. The zero-order chi connectivity index (χ0) is 45.5. The maximum absolute atomic E-state index is 14.1. The van der Waals surface area contributed by atoms with E-state index in [1.54, 1.807) is 0 Å². The van der Waals surface area contributed by atoms with E-state index in [9.17, 15) is 51.5 Å². The van der Waals surface area contributed by atoms with Crippen LogP contribution in [-0.2, 0) is 31.7 Å². The summed E-state index contributed by atoms with van der Waals surface area (Å²) in [5, 5.41) is 14.8. The Hall–Kier alpha value is -6.60. The zero-order valence-electron chi connectivity index (χ0n) is 34.7. The molecule has 0 radical (unpaired) electrons. The van der Waals surface area contributed by atoms with E-state index >= 15 is 0 Å². The first-order chi connectivity index (χ1) is 29.8. The summed E-state index contributed by atoms with van der Waals surface area (Å²) in [6.07, 6.45) is -2.80. The maximum Gasteiger partial charge on any atom is 0.435 e. The number of ketones is 1. The van der Waals surface area contributed by atoms with Crippen molar-refractivity contribution in [1.82, 2.24) is 25.3 Å². The lowest BCUT2D eigenvalue weighted by atomic mass is 9.92. The highest BCUT2D eigenvalue weighted by Gasteiger charge is 2.47. The normalized spacial score (nSPS) is 22.1. The van der Waals surface area contributed by atoms with Crippen LogP contribution in [0.3, 0.4) is 0 Å². The number of carbonyl (C=O) groups is 8. The van der Waals surface area contributed by atoms with E-state index in [0.29, 0.717) is 38.5 Å². The van der Waals surface area contributed by atoms with E-state index in [1.165, 1.54) is 36.4 Å². The van der Waals surface area contributed by atoms with E-state index in [4.69, 9.17) is 10.5 Å². The minimum atomic E-state index is -4.88. The van der Waals surface area contributed by atoms with Gasteiger partial charge < -0.3 is 26.4 Å². The minimum absolute atomic E-state index is 0.00173. The monoisotopic (exact) mass is 876 g/mol. The number of ether oxygens (including phenoxy) is 1. The van der Waals surface area contributed by atoms with Gasteiger partial charge in [0.15, 0.2) is 11.5 Å².